The van der Waals surface area contributed by atoms with E-state index in [-0.39, 0.29) is 11.1 Å². The summed E-state index contributed by atoms with van der Waals surface area (Å²) in [5.74, 6) is 0. The number of aromatic nitrogens is 2. The average Bonchev–Trinajstić information content (AvgIpc) is 2.39. The van der Waals surface area contributed by atoms with Gasteiger partial charge in [0, 0.05) is 36.3 Å². The lowest BCUT2D eigenvalue weighted by molar-refractivity contribution is 0.725. The van der Waals surface area contributed by atoms with Crippen LogP contribution in [0.5, 0.6) is 0 Å². The Morgan fingerprint density at radius 1 is 1.47 bits per heavy atom. The van der Waals surface area contributed by atoms with E-state index in [0.717, 1.165) is 5.56 Å². The quantitative estimate of drug-likeness (QED) is 0.783. The van der Waals surface area contributed by atoms with Gasteiger partial charge < -0.3 is 4.57 Å². The summed E-state index contributed by atoms with van der Waals surface area (Å²) in [5, 5.41) is 9.10. The molecule has 0 spiro atoms. The van der Waals surface area contributed by atoms with E-state index in [1.807, 2.05) is 19.1 Å². The molecule has 0 bridgehead atoms. The third-order valence-corrected chi connectivity index (χ3v) is 2.59. The second-order valence-electron chi connectivity index (χ2n) is 3.55. The van der Waals surface area contributed by atoms with Crippen LogP contribution in [0, 0.1) is 11.3 Å². The minimum absolute atomic E-state index is 0.169. The SMILES string of the molecule is CCn1ccc(-c2cccnc2)c(C#N)c1=O. The number of nitriles is 1. The van der Waals surface area contributed by atoms with Crippen molar-refractivity contribution in [1.29, 1.82) is 5.26 Å². The maximum absolute atomic E-state index is 11.9. The molecular weight excluding hydrogens is 214 g/mol. The lowest BCUT2D eigenvalue weighted by Crippen LogP contribution is -2.21. The number of hydrogen-bond donors (Lipinski definition) is 0. The van der Waals surface area contributed by atoms with E-state index in [1.54, 1.807) is 30.7 Å². The summed E-state index contributed by atoms with van der Waals surface area (Å²) in [5.41, 5.74) is 1.33. The van der Waals surface area contributed by atoms with Crippen LogP contribution < -0.4 is 5.56 Å². The van der Waals surface area contributed by atoms with Gasteiger partial charge in [0.25, 0.3) is 5.56 Å². The van der Waals surface area contributed by atoms with Gasteiger partial charge in [-0.15, -0.1) is 0 Å². The van der Waals surface area contributed by atoms with Crippen LogP contribution in [-0.2, 0) is 6.54 Å². The molecule has 0 saturated carbocycles. The van der Waals surface area contributed by atoms with Gasteiger partial charge in [-0.25, -0.2) is 0 Å². The molecule has 0 saturated heterocycles. The molecule has 2 aromatic rings. The van der Waals surface area contributed by atoms with Gasteiger partial charge in [0.15, 0.2) is 0 Å². The molecule has 0 radical (unpaired) electrons. The predicted molar refractivity (Wildman–Crippen MR) is 64.3 cm³/mol. The standard InChI is InChI=1S/C13H11N3O/c1-2-16-7-5-11(12(8-14)13(16)17)10-4-3-6-15-9-10/h3-7,9H,2H2,1H3. The molecule has 0 aliphatic rings. The fraction of sp³-hybridized carbons (Fsp3) is 0.154. The van der Waals surface area contributed by atoms with Crippen LogP contribution in [0.2, 0.25) is 0 Å². The average molecular weight is 225 g/mol. The van der Waals surface area contributed by atoms with E-state index >= 15 is 0 Å². The zero-order valence-corrected chi connectivity index (χ0v) is 9.42. The molecule has 0 aromatic carbocycles. The zero-order valence-electron chi connectivity index (χ0n) is 9.42. The molecular formula is C13H11N3O. The van der Waals surface area contributed by atoms with Crippen molar-refractivity contribution in [2.45, 2.75) is 13.5 Å². The predicted octanol–water partition coefficient (Wildman–Crippen LogP) is 1.80. The molecule has 0 amide bonds. The molecule has 2 rings (SSSR count). The fourth-order valence-electron chi connectivity index (χ4n) is 1.69. The van der Waals surface area contributed by atoms with Crippen molar-refractivity contribution < 1.29 is 0 Å². The number of pyridine rings is 2. The van der Waals surface area contributed by atoms with E-state index in [9.17, 15) is 4.79 Å². The number of rotatable bonds is 2. The first-order chi connectivity index (χ1) is 8.27. The summed E-state index contributed by atoms with van der Waals surface area (Å²) >= 11 is 0. The number of aryl methyl sites for hydroxylation is 1. The van der Waals surface area contributed by atoms with Crippen LogP contribution in [0.25, 0.3) is 11.1 Å². The largest absolute Gasteiger partial charge is 0.315 e. The van der Waals surface area contributed by atoms with Crippen LogP contribution in [0.15, 0.2) is 41.6 Å². The van der Waals surface area contributed by atoms with E-state index in [2.05, 4.69) is 4.98 Å². The normalized spacial score (nSPS) is 9.88. The first kappa shape index (κ1) is 11.1. The Morgan fingerprint density at radius 3 is 2.88 bits per heavy atom. The highest BCUT2D eigenvalue weighted by atomic mass is 16.1. The molecule has 84 valence electrons. The molecule has 4 heteroatoms. The van der Waals surface area contributed by atoms with Crippen molar-refractivity contribution in [2.24, 2.45) is 0 Å². The first-order valence-electron chi connectivity index (χ1n) is 5.32. The van der Waals surface area contributed by atoms with Gasteiger partial charge in [-0.05, 0) is 19.1 Å². The Balaban J connectivity index is 2.70. The maximum atomic E-state index is 11.9. The topological polar surface area (TPSA) is 58.7 Å². The monoisotopic (exact) mass is 225 g/mol. The molecule has 0 aliphatic heterocycles. The van der Waals surface area contributed by atoms with E-state index in [0.29, 0.717) is 12.1 Å². The zero-order chi connectivity index (χ0) is 12.3. The molecule has 17 heavy (non-hydrogen) atoms. The molecule has 0 N–H and O–H groups in total. The highest BCUT2D eigenvalue weighted by Crippen LogP contribution is 2.19. The van der Waals surface area contributed by atoms with E-state index in [4.69, 9.17) is 5.26 Å². The van der Waals surface area contributed by atoms with E-state index < -0.39 is 0 Å². The number of hydrogen-bond acceptors (Lipinski definition) is 3. The molecule has 2 heterocycles. The van der Waals surface area contributed by atoms with Crippen molar-refractivity contribution in [3.63, 3.8) is 0 Å². The minimum atomic E-state index is -0.253. The summed E-state index contributed by atoms with van der Waals surface area (Å²) in [4.78, 5) is 15.9. The van der Waals surface area contributed by atoms with Crippen molar-refractivity contribution in [3.8, 4) is 17.2 Å². The minimum Gasteiger partial charge on any atom is -0.315 e. The van der Waals surface area contributed by atoms with Crippen molar-refractivity contribution in [1.82, 2.24) is 9.55 Å². The van der Waals surface area contributed by atoms with Gasteiger partial charge in [-0.1, -0.05) is 6.07 Å². The molecule has 0 unspecified atom stereocenters. The number of nitrogens with zero attached hydrogens (tertiary/aromatic N) is 3. The third kappa shape index (κ3) is 1.95. The van der Waals surface area contributed by atoms with Gasteiger partial charge in [-0.3, -0.25) is 9.78 Å². The maximum Gasteiger partial charge on any atom is 0.269 e. The Kier molecular flexibility index (Phi) is 3.01. The lowest BCUT2D eigenvalue weighted by atomic mass is 10.0. The second-order valence-corrected chi connectivity index (χ2v) is 3.55. The Bertz CT molecular complexity index is 623. The molecule has 4 nitrogen and oxygen atoms in total. The smallest absolute Gasteiger partial charge is 0.269 e. The first-order valence-corrected chi connectivity index (χ1v) is 5.32. The highest BCUT2D eigenvalue weighted by Gasteiger charge is 2.10. The molecule has 2 aromatic heterocycles. The summed E-state index contributed by atoms with van der Waals surface area (Å²) in [6.45, 7) is 2.42. The fourth-order valence-corrected chi connectivity index (χ4v) is 1.69. The van der Waals surface area contributed by atoms with Gasteiger partial charge >= 0.3 is 0 Å². The van der Waals surface area contributed by atoms with Crippen LogP contribution in [0.3, 0.4) is 0 Å². The summed E-state index contributed by atoms with van der Waals surface area (Å²) < 4.78 is 1.51. The third-order valence-electron chi connectivity index (χ3n) is 2.59. The summed E-state index contributed by atoms with van der Waals surface area (Å²) in [6.07, 6.45) is 5.00. The lowest BCUT2D eigenvalue weighted by Gasteiger charge is -2.06. The van der Waals surface area contributed by atoms with Crippen LogP contribution in [0.4, 0.5) is 0 Å². The summed E-state index contributed by atoms with van der Waals surface area (Å²) in [6, 6.07) is 7.37. The Morgan fingerprint density at radius 2 is 2.29 bits per heavy atom. The summed E-state index contributed by atoms with van der Waals surface area (Å²) in [7, 11) is 0. The van der Waals surface area contributed by atoms with Crippen molar-refractivity contribution in [2.75, 3.05) is 0 Å². The van der Waals surface area contributed by atoms with E-state index in [1.165, 1.54) is 4.57 Å². The second kappa shape index (κ2) is 4.62. The Labute approximate surface area is 98.8 Å². The van der Waals surface area contributed by atoms with Gasteiger partial charge in [0.1, 0.15) is 11.6 Å². The molecule has 0 fully saturated rings. The Hall–Kier alpha value is -2.41. The van der Waals surface area contributed by atoms with Crippen molar-refractivity contribution >= 4 is 0 Å². The highest BCUT2D eigenvalue weighted by molar-refractivity contribution is 5.68. The van der Waals surface area contributed by atoms with Crippen LogP contribution >= 0.6 is 0 Å². The van der Waals surface area contributed by atoms with Crippen LogP contribution in [0.1, 0.15) is 12.5 Å². The van der Waals surface area contributed by atoms with Gasteiger partial charge in [0.2, 0.25) is 0 Å². The van der Waals surface area contributed by atoms with Gasteiger partial charge in [0.05, 0.1) is 0 Å². The molecule has 0 atom stereocenters. The van der Waals surface area contributed by atoms with Crippen LogP contribution in [-0.4, -0.2) is 9.55 Å². The van der Waals surface area contributed by atoms with Gasteiger partial charge in [-0.2, -0.15) is 5.26 Å². The molecule has 0 aliphatic carbocycles. The van der Waals surface area contributed by atoms with Crippen molar-refractivity contribution in [3.05, 3.63) is 52.7 Å².